The first-order chi connectivity index (χ1) is 18.7. The van der Waals surface area contributed by atoms with Crippen LogP contribution < -0.4 is 10.2 Å². The number of amides is 2. The zero-order chi connectivity index (χ0) is 27.6. The van der Waals surface area contributed by atoms with E-state index in [0.29, 0.717) is 37.3 Å². The number of anilines is 2. The molecule has 1 aromatic carbocycles. The molecule has 12 heteroatoms. The lowest BCUT2D eigenvalue weighted by Gasteiger charge is -2.35. The number of rotatable bonds is 5. The first kappa shape index (κ1) is 25.9. The summed E-state index contributed by atoms with van der Waals surface area (Å²) in [5.74, 6) is -0.191. The molecule has 0 saturated carbocycles. The van der Waals surface area contributed by atoms with Crippen molar-refractivity contribution in [1.29, 1.82) is 0 Å². The molecule has 0 aliphatic carbocycles. The Kier molecular flexibility index (Phi) is 7.01. The van der Waals surface area contributed by atoms with Gasteiger partial charge in [0.2, 0.25) is 5.91 Å². The highest BCUT2D eigenvalue weighted by Crippen LogP contribution is 2.34. The zero-order valence-corrected chi connectivity index (χ0v) is 20.9. The van der Waals surface area contributed by atoms with E-state index in [-0.39, 0.29) is 23.1 Å². The molecule has 1 N–H and O–H groups in total. The van der Waals surface area contributed by atoms with Crippen LogP contribution in [-0.4, -0.2) is 62.6 Å². The molecule has 9 nitrogen and oxygen atoms in total. The van der Waals surface area contributed by atoms with E-state index in [1.165, 1.54) is 30.7 Å². The van der Waals surface area contributed by atoms with E-state index in [1.807, 2.05) is 6.07 Å². The van der Waals surface area contributed by atoms with Crippen molar-refractivity contribution in [3.63, 3.8) is 0 Å². The summed E-state index contributed by atoms with van der Waals surface area (Å²) >= 11 is 0. The summed E-state index contributed by atoms with van der Waals surface area (Å²) in [5, 5.41) is 6.81. The summed E-state index contributed by atoms with van der Waals surface area (Å²) in [7, 11) is 0. The fraction of sp³-hybridized carbons (Fsp3) is 0.222. The molecule has 1 fully saturated rings. The predicted octanol–water partition coefficient (Wildman–Crippen LogP) is 4.27. The number of carbonyl (C=O) groups is 2. The number of aromatic nitrogens is 4. The fourth-order valence-electron chi connectivity index (χ4n) is 4.33. The Morgan fingerprint density at radius 3 is 2.36 bits per heavy atom. The molecule has 1 aliphatic heterocycles. The maximum Gasteiger partial charge on any atom is 0.433 e. The SMILES string of the molecule is CC(=O)N1CCN(c2cccc(C(=O)Nc3ccc(-n4nc(-c5cccnc5)cc4C(F)(F)F)cn3)c2)CC1. The molecule has 200 valence electrons. The monoisotopic (exact) mass is 535 g/mol. The summed E-state index contributed by atoms with van der Waals surface area (Å²) in [5.41, 5.74) is 0.955. The summed E-state index contributed by atoms with van der Waals surface area (Å²) in [6.07, 6.45) is -0.472. The van der Waals surface area contributed by atoms with Gasteiger partial charge in [-0.2, -0.15) is 18.3 Å². The lowest BCUT2D eigenvalue weighted by Crippen LogP contribution is -2.48. The number of piperazine rings is 1. The van der Waals surface area contributed by atoms with Gasteiger partial charge in [0.05, 0.1) is 17.6 Å². The summed E-state index contributed by atoms with van der Waals surface area (Å²) in [6, 6.07) is 14.1. The minimum absolute atomic E-state index is 0.0393. The lowest BCUT2D eigenvalue weighted by atomic mass is 10.1. The van der Waals surface area contributed by atoms with Crippen LogP contribution in [0.3, 0.4) is 0 Å². The van der Waals surface area contributed by atoms with E-state index in [1.54, 1.807) is 42.2 Å². The van der Waals surface area contributed by atoms with Crippen molar-refractivity contribution >= 4 is 23.3 Å². The molecule has 4 heterocycles. The van der Waals surface area contributed by atoms with Crippen LogP contribution in [0.5, 0.6) is 0 Å². The molecule has 3 aromatic heterocycles. The average molecular weight is 536 g/mol. The van der Waals surface area contributed by atoms with Crippen molar-refractivity contribution in [3.05, 3.63) is 84.4 Å². The second-order valence-electron chi connectivity index (χ2n) is 8.97. The minimum atomic E-state index is -4.65. The van der Waals surface area contributed by atoms with E-state index in [4.69, 9.17) is 0 Å². The van der Waals surface area contributed by atoms with Crippen LogP contribution in [0.2, 0.25) is 0 Å². The molecule has 0 bridgehead atoms. The number of carbonyl (C=O) groups excluding carboxylic acids is 2. The van der Waals surface area contributed by atoms with Gasteiger partial charge in [-0.15, -0.1) is 0 Å². The highest BCUT2D eigenvalue weighted by Gasteiger charge is 2.36. The van der Waals surface area contributed by atoms with Gasteiger partial charge in [0.25, 0.3) is 5.91 Å². The van der Waals surface area contributed by atoms with Crippen molar-refractivity contribution < 1.29 is 22.8 Å². The number of benzene rings is 1. The average Bonchev–Trinajstić information content (AvgIpc) is 3.41. The van der Waals surface area contributed by atoms with Gasteiger partial charge in [0.1, 0.15) is 11.5 Å². The maximum atomic E-state index is 13.7. The number of hydrogen-bond acceptors (Lipinski definition) is 6. The number of alkyl halides is 3. The number of pyridine rings is 2. The molecular formula is C27H24F3N7O2. The molecule has 0 unspecified atom stereocenters. The molecule has 1 saturated heterocycles. The van der Waals surface area contributed by atoms with E-state index < -0.39 is 17.8 Å². The third kappa shape index (κ3) is 5.74. The molecule has 4 aromatic rings. The van der Waals surface area contributed by atoms with E-state index >= 15 is 0 Å². The molecule has 0 radical (unpaired) electrons. The van der Waals surface area contributed by atoms with Gasteiger partial charge < -0.3 is 15.1 Å². The van der Waals surface area contributed by atoms with E-state index in [2.05, 4.69) is 25.3 Å². The fourth-order valence-corrected chi connectivity index (χ4v) is 4.33. The van der Waals surface area contributed by atoms with Crippen LogP contribution in [0.15, 0.2) is 73.2 Å². The Morgan fingerprint density at radius 1 is 0.923 bits per heavy atom. The highest BCUT2D eigenvalue weighted by atomic mass is 19.4. The Morgan fingerprint density at radius 2 is 1.72 bits per heavy atom. The Balaban J connectivity index is 1.31. The van der Waals surface area contributed by atoms with E-state index in [0.717, 1.165) is 16.4 Å². The standard InChI is InChI=1S/C27H24F3N7O2/c1-18(38)35-10-12-36(13-11-35)21-6-2-4-19(14-21)26(39)33-25-8-7-22(17-32-25)37-24(27(28,29)30)15-23(34-37)20-5-3-9-31-16-20/h2-9,14-17H,10-13H2,1H3,(H,32,33,39). The van der Waals surface area contributed by atoms with Crippen LogP contribution in [0, 0.1) is 0 Å². The van der Waals surface area contributed by atoms with Crippen molar-refractivity contribution in [2.45, 2.75) is 13.1 Å². The third-order valence-electron chi connectivity index (χ3n) is 6.39. The van der Waals surface area contributed by atoms with Gasteiger partial charge in [-0.25, -0.2) is 9.67 Å². The topological polar surface area (TPSA) is 96.2 Å². The van der Waals surface area contributed by atoms with Crippen LogP contribution in [-0.2, 0) is 11.0 Å². The number of nitrogens with one attached hydrogen (secondary N) is 1. The van der Waals surface area contributed by atoms with Gasteiger partial charge in [0.15, 0.2) is 0 Å². The first-order valence-corrected chi connectivity index (χ1v) is 12.1. The molecular weight excluding hydrogens is 511 g/mol. The number of nitrogens with zero attached hydrogens (tertiary/aromatic N) is 6. The molecule has 2 amide bonds. The highest BCUT2D eigenvalue weighted by molar-refractivity contribution is 6.04. The first-order valence-electron chi connectivity index (χ1n) is 12.1. The largest absolute Gasteiger partial charge is 0.433 e. The predicted molar refractivity (Wildman–Crippen MR) is 138 cm³/mol. The van der Waals surface area contributed by atoms with Gasteiger partial charge in [-0.3, -0.25) is 14.6 Å². The van der Waals surface area contributed by atoms with Crippen LogP contribution >= 0.6 is 0 Å². The van der Waals surface area contributed by atoms with Crippen molar-refractivity contribution in [2.24, 2.45) is 0 Å². The third-order valence-corrected chi connectivity index (χ3v) is 6.39. The molecule has 1 aliphatic rings. The van der Waals surface area contributed by atoms with Gasteiger partial charge in [0, 0.05) is 62.3 Å². The number of hydrogen-bond donors (Lipinski definition) is 1. The van der Waals surface area contributed by atoms with Gasteiger partial charge in [-0.05, 0) is 48.5 Å². The zero-order valence-electron chi connectivity index (χ0n) is 20.9. The second-order valence-corrected chi connectivity index (χ2v) is 8.97. The summed E-state index contributed by atoms with van der Waals surface area (Å²) in [6.45, 7) is 4.08. The van der Waals surface area contributed by atoms with Gasteiger partial charge in [-0.1, -0.05) is 6.07 Å². The van der Waals surface area contributed by atoms with Crippen LogP contribution in [0.4, 0.5) is 24.7 Å². The van der Waals surface area contributed by atoms with Crippen molar-refractivity contribution in [2.75, 3.05) is 36.4 Å². The van der Waals surface area contributed by atoms with Crippen molar-refractivity contribution in [1.82, 2.24) is 24.6 Å². The number of halogens is 3. The summed E-state index contributed by atoms with van der Waals surface area (Å²) in [4.78, 5) is 36.4. The Labute approximate surface area is 221 Å². The lowest BCUT2D eigenvalue weighted by molar-refractivity contribution is -0.142. The second kappa shape index (κ2) is 10.6. The summed E-state index contributed by atoms with van der Waals surface area (Å²) < 4.78 is 42.0. The molecule has 5 rings (SSSR count). The molecule has 0 atom stereocenters. The molecule has 39 heavy (non-hydrogen) atoms. The Bertz CT molecular complexity index is 1480. The normalized spacial score (nSPS) is 13.8. The Hall–Kier alpha value is -4.74. The van der Waals surface area contributed by atoms with Crippen molar-refractivity contribution in [3.8, 4) is 16.9 Å². The van der Waals surface area contributed by atoms with Crippen LogP contribution in [0.1, 0.15) is 23.0 Å². The smallest absolute Gasteiger partial charge is 0.368 e. The minimum Gasteiger partial charge on any atom is -0.368 e. The molecule has 0 spiro atoms. The van der Waals surface area contributed by atoms with E-state index in [9.17, 15) is 22.8 Å². The maximum absolute atomic E-state index is 13.7. The van der Waals surface area contributed by atoms with Crippen LogP contribution in [0.25, 0.3) is 16.9 Å². The quantitative estimate of drug-likeness (QED) is 0.410. The van der Waals surface area contributed by atoms with Gasteiger partial charge >= 0.3 is 6.18 Å².